The first kappa shape index (κ1) is 18.3. The highest BCUT2D eigenvalue weighted by Crippen LogP contribution is 2.24. The number of hydrogen-bond donors (Lipinski definition) is 1. The van der Waals surface area contributed by atoms with E-state index in [4.69, 9.17) is 0 Å². The number of halogens is 1. The van der Waals surface area contributed by atoms with Gasteiger partial charge < -0.3 is 5.32 Å². The Morgan fingerprint density at radius 2 is 1.96 bits per heavy atom. The molecule has 28 heavy (non-hydrogen) atoms. The molecule has 142 valence electrons. The predicted octanol–water partition coefficient (Wildman–Crippen LogP) is 4.49. The Kier molecular flexibility index (Phi) is 5.44. The van der Waals surface area contributed by atoms with E-state index in [1.54, 1.807) is 12.3 Å². The van der Waals surface area contributed by atoms with E-state index in [1.807, 2.05) is 48.7 Å². The van der Waals surface area contributed by atoms with E-state index in [0.29, 0.717) is 0 Å². The zero-order valence-corrected chi connectivity index (χ0v) is 15.5. The van der Waals surface area contributed by atoms with Gasteiger partial charge in [0.05, 0.1) is 6.04 Å². The van der Waals surface area contributed by atoms with Crippen LogP contribution >= 0.6 is 0 Å². The van der Waals surface area contributed by atoms with Crippen molar-refractivity contribution in [3.05, 3.63) is 84.4 Å². The van der Waals surface area contributed by atoms with Crippen LogP contribution in [0.25, 0.3) is 11.1 Å². The average Bonchev–Trinajstić information content (AvgIpc) is 3.17. The average molecular weight is 375 g/mol. The second-order valence-electron chi connectivity index (χ2n) is 7.07. The van der Waals surface area contributed by atoms with Gasteiger partial charge in [0.2, 0.25) is 5.91 Å². The fraction of sp³-hybridized carbons (Fsp3) is 0.217. The van der Waals surface area contributed by atoms with Gasteiger partial charge in [-0.25, -0.2) is 4.39 Å². The largest absolute Gasteiger partial charge is 0.325 e. The standard InChI is InChI=1S/C23H22FN3O/c24-20-6-1-5-19(14-20)18-8-10-21(11-9-18)26-23(28)22-7-3-13-27(22)16-17-4-2-12-25-15-17/h1-2,4-6,8-12,14-15,22H,3,7,13,16H2,(H,26,28)/t22-/m0/s1. The molecule has 0 spiro atoms. The van der Waals surface area contributed by atoms with Gasteiger partial charge in [-0.05, 0) is 66.4 Å². The third-order valence-corrected chi connectivity index (χ3v) is 5.09. The summed E-state index contributed by atoms with van der Waals surface area (Å²) in [5.41, 5.74) is 3.59. The number of nitrogens with zero attached hydrogens (tertiary/aromatic N) is 2. The molecule has 0 aliphatic carbocycles. The number of pyridine rings is 1. The molecule has 4 rings (SSSR count). The number of carbonyl (C=O) groups excluding carboxylic acids is 1. The highest BCUT2D eigenvalue weighted by atomic mass is 19.1. The molecule has 1 atom stereocenters. The van der Waals surface area contributed by atoms with Crippen LogP contribution in [0.4, 0.5) is 10.1 Å². The minimum atomic E-state index is -0.259. The molecular weight excluding hydrogens is 353 g/mol. The number of hydrogen-bond acceptors (Lipinski definition) is 3. The molecule has 4 nitrogen and oxygen atoms in total. The van der Waals surface area contributed by atoms with E-state index in [-0.39, 0.29) is 17.8 Å². The van der Waals surface area contributed by atoms with Crippen LogP contribution in [0.3, 0.4) is 0 Å². The fourth-order valence-corrected chi connectivity index (χ4v) is 3.68. The molecule has 1 N–H and O–H groups in total. The number of rotatable bonds is 5. The Balaban J connectivity index is 1.41. The third kappa shape index (κ3) is 4.26. The number of carbonyl (C=O) groups is 1. The predicted molar refractivity (Wildman–Crippen MR) is 108 cm³/mol. The van der Waals surface area contributed by atoms with Crippen molar-refractivity contribution in [2.75, 3.05) is 11.9 Å². The van der Waals surface area contributed by atoms with Crippen molar-refractivity contribution < 1.29 is 9.18 Å². The lowest BCUT2D eigenvalue weighted by Crippen LogP contribution is -2.39. The Hall–Kier alpha value is -3.05. The third-order valence-electron chi connectivity index (χ3n) is 5.09. The van der Waals surface area contributed by atoms with Gasteiger partial charge in [0.15, 0.2) is 0 Å². The topological polar surface area (TPSA) is 45.2 Å². The molecule has 1 aliphatic rings. The van der Waals surface area contributed by atoms with E-state index in [1.165, 1.54) is 12.1 Å². The molecule has 3 aromatic rings. The monoisotopic (exact) mass is 375 g/mol. The van der Waals surface area contributed by atoms with Gasteiger partial charge in [-0.3, -0.25) is 14.7 Å². The number of benzene rings is 2. The van der Waals surface area contributed by atoms with Crippen molar-refractivity contribution in [1.82, 2.24) is 9.88 Å². The number of anilines is 1. The zero-order valence-electron chi connectivity index (χ0n) is 15.5. The Morgan fingerprint density at radius 3 is 2.71 bits per heavy atom. The first-order valence-corrected chi connectivity index (χ1v) is 9.49. The summed E-state index contributed by atoms with van der Waals surface area (Å²) in [6, 6.07) is 17.8. The normalized spacial score (nSPS) is 16.8. The van der Waals surface area contributed by atoms with Crippen molar-refractivity contribution in [2.45, 2.75) is 25.4 Å². The number of aromatic nitrogens is 1. The van der Waals surface area contributed by atoms with Gasteiger partial charge in [-0.2, -0.15) is 0 Å². The fourth-order valence-electron chi connectivity index (χ4n) is 3.68. The smallest absolute Gasteiger partial charge is 0.241 e. The molecular formula is C23H22FN3O. The van der Waals surface area contributed by atoms with E-state index in [2.05, 4.69) is 15.2 Å². The second-order valence-corrected chi connectivity index (χ2v) is 7.07. The molecule has 1 amide bonds. The molecule has 0 radical (unpaired) electrons. The Labute approximate surface area is 164 Å². The van der Waals surface area contributed by atoms with Crippen LogP contribution in [-0.4, -0.2) is 28.4 Å². The molecule has 0 saturated carbocycles. The van der Waals surface area contributed by atoms with Crippen LogP contribution in [0.1, 0.15) is 18.4 Å². The van der Waals surface area contributed by atoms with Crippen molar-refractivity contribution in [3.63, 3.8) is 0 Å². The SMILES string of the molecule is O=C(Nc1ccc(-c2cccc(F)c2)cc1)[C@@H]1CCCN1Cc1cccnc1. The maximum absolute atomic E-state index is 13.4. The van der Waals surface area contributed by atoms with Crippen molar-refractivity contribution >= 4 is 11.6 Å². The van der Waals surface area contributed by atoms with Crippen molar-refractivity contribution in [2.24, 2.45) is 0 Å². The summed E-state index contributed by atoms with van der Waals surface area (Å²) < 4.78 is 13.4. The molecule has 0 bridgehead atoms. The lowest BCUT2D eigenvalue weighted by atomic mass is 10.1. The van der Waals surface area contributed by atoms with Crippen LogP contribution < -0.4 is 5.32 Å². The summed E-state index contributed by atoms with van der Waals surface area (Å²) in [6.45, 7) is 1.63. The summed E-state index contributed by atoms with van der Waals surface area (Å²) in [6.07, 6.45) is 5.47. The van der Waals surface area contributed by atoms with E-state index < -0.39 is 0 Å². The first-order chi connectivity index (χ1) is 13.7. The molecule has 1 aromatic heterocycles. The van der Waals surface area contributed by atoms with Gasteiger partial charge in [-0.15, -0.1) is 0 Å². The minimum Gasteiger partial charge on any atom is -0.325 e. The molecule has 2 aromatic carbocycles. The molecule has 1 saturated heterocycles. The van der Waals surface area contributed by atoms with Crippen molar-refractivity contribution in [1.29, 1.82) is 0 Å². The van der Waals surface area contributed by atoms with Crippen molar-refractivity contribution in [3.8, 4) is 11.1 Å². The van der Waals surface area contributed by atoms with Gasteiger partial charge in [0.1, 0.15) is 5.82 Å². The lowest BCUT2D eigenvalue weighted by Gasteiger charge is -2.23. The van der Waals surface area contributed by atoms with Crippen LogP contribution in [0.15, 0.2) is 73.1 Å². The van der Waals surface area contributed by atoms with E-state index in [9.17, 15) is 9.18 Å². The van der Waals surface area contributed by atoms with Gasteiger partial charge in [-0.1, -0.05) is 30.3 Å². The first-order valence-electron chi connectivity index (χ1n) is 9.49. The maximum atomic E-state index is 13.4. The molecule has 1 aliphatic heterocycles. The van der Waals surface area contributed by atoms with Gasteiger partial charge >= 0.3 is 0 Å². The molecule has 2 heterocycles. The summed E-state index contributed by atoms with van der Waals surface area (Å²) in [4.78, 5) is 19.2. The summed E-state index contributed by atoms with van der Waals surface area (Å²) in [7, 11) is 0. The highest BCUT2D eigenvalue weighted by Gasteiger charge is 2.30. The highest BCUT2D eigenvalue weighted by molar-refractivity contribution is 5.95. The quantitative estimate of drug-likeness (QED) is 0.715. The number of likely N-dealkylation sites (tertiary alicyclic amines) is 1. The minimum absolute atomic E-state index is 0.0138. The number of nitrogens with one attached hydrogen (secondary N) is 1. The zero-order chi connectivity index (χ0) is 19.3. The Bertz CT molecular complexity index is 944. The van der Waals surface area contributed by atoms with Crippen LogP contribution in [0, 0.1) is 5.82 Å². The van der Waals surface area contributed by atoms with Gasteiger partial charge in [0, 0.05) is 24.6 Å². The molecule has 1 fully saturated rings. The Morgan fingerprint density at radius 1 is 1.11 bits per heavy atom. The van der Waals surface area contributed by atoms with Crippen LogP contribution in [-0.2, 0) is 11.3 Å². The van der Waals surface area contributed by atoms with Crippen LogP contribution in [0.2, 0.25) is 0 Å². The molecule has 5 heteroatoms. The van der Waals surface area contributed by atoms with Gasteiger partial charge in [0.25, 0.3) is 0 Å². The lowest BCUT2D eigenvalue weighted by molar-refractivity contribution is -0.120. The van der Waals surface area contributed by atoms with Crippen LogP contribution in [0.5, 0.6) is 0 Å². The maximum Gasteiger partial charge on any atom is 0.241 e. The van der Waals surface area contributed by atoms with E-state index in [0.717, 1.165) is 48.3 Å². The van der Waals surface area contributed by atoms with E-state index >= 15 is 0 Å². The molecule has 0 unspecified atom stereocenters. The second kappa shape index (κ2) is 8.31. The summed E-state index contributed by atoms with van der Waals surface area (Å²) in [5, 5.41) is 3.02. The summed E-state index contributed by atoms with van der Waals surface area (Å²) in [5.74, 6) is -0.246. The number of amides is 1. The summed E-state index contributed by atoms with van der Waals surface area (Å²) >= 11 is 0.